The summed E-state index contributed by atoms with van der Waals surface area (Å²) in [5, 5.41) is 14.8. The van der Waals surface area contributed by atoms with Crippen molar-refractivity contribution in [2.45, 2.75) is 38.6 Å². The van der Waals surface area contributed by atoms with E-state index in [9.17, 15) is 0 Å². The van der Waals surface area contributed by atoms with Gasteiger partial charge in [0.1, 0.15) is 0 Å². The fraction of sp³-hybridized carbons (Fsp3) is 0.500. The van der Waals surface area contributed by atoms with Crippen LogP contribution < -0.4 is 5.32 Å². The van der Waals surface area contributed by atoms with Gasteiger partial charge in [0.15, 0.2) is 5.82 Å². The molecule has 2 aliphatic carbocycles. The number of hydrogen-bond acceptors (Lipinski definition) is 3. The summed E-state index contributed by atoms with van der Waals surface area (Å²) >= 11 is 0. The molecule has 4 rings (SSSR count). The molecule has 0 bridgehead atoms. The fourth-order valence-electron chi connectivity index (χ4n) is 3.03. The van der Waals surface area contributed by atoms with Gasteiger partial charge in [-0.05, 0) is 44.4 Å². The zero-order valence-corrected chi connectivity index (χ0v) is 11.3. The van der Waals surface area contributed by atoms with Crippen molar-refractivity contribution in [1.29, 1.82) is 0 Å². The summed E-state index contributed by atoms with van der Waals surface area (Å²) in [6.45, 7) is 2.03. The third kappa shape index (κ3) is 2.07. The summed E-state index contributed by atoms with van der Waals surface area (Å²) in [4.78, 5) is 0. The second-order valence-corrected chi connectivity index (χ2v) is 6.02. The van der Waals surface area contributed by atoms with E-state index in [4.69, 9.17) is 0 Å². The molecule has 0 saturated heterocycles. The van der Waals surface area contributed by atoms with Gasteiger partial charge in [0, 0.05) is 16.8 Å². The zero-order chi connectivity index (χ0) is 12.8. The van der Waals surface area contributed by atoms with Crippen LogP contribution in [-0.4, -0.2) is 16.2 Å². The Kier molecular flexibility index (Phi) is 2.47. The monoisotopic (exact) mass is 253 g/mol. The minimum atomic E-state index is 0.625. The lowest BCUT2D eigenvalue weighted by molar-refractivity contribution is 0.565. The number of rotatable bonds is 4. The molecule has 0 radical (unpaired) electrons. The first-order valence-electron chi connectivity index (χ1n) is 7.31. The second-order valence-electron chi connectivity index (χ2n) is 6.02. The van der Waals surface area contributed by atoms with Gasteiger partial charge in [-0.1, -0.05) is 24.3 Å². The van der Waals surface area contributed by atoms with Gasteiger partial charge >= 0.3 is 0 Å². The van der Waals surface area contributed by atoms with Gasteiger partial charge in [0.25, 0.3) is 0 Å². The number of aromatic nitrogens is 2. The average molecular weight is 253 g/mol. The Morgan fingerprint density at radius 3 is 2.26 bits per heavy atom. The highest BCUT2D eigenvalue weighted by atomic mass is 15.2. The highest BCUT2D eigenvalue weighted by Gasteiger charge is 2.41. The van der Waals surface area contributed by atoms with Crippen LogP contribution in [0.2, 0.25) is 0 Å². The third-order valence-electron chi connectivity index (χ3n) is 4.44. The van der Waals surface area contributed by atoms with E-state index in [1.54, 1.807) is 0 Å². The van der Waals surface area contributed by atoms with Crippen LogP contribution in [-0.2, 0) is 0 Å². The predicted molar refractivity (Wildman–Crippen MR) is 77.1 cm³/mol. The van der Waals surface area contributed by atoms with Crippen molar-refractivity contribution in [1.82, 2.24) is 10.2 Å². The maximum absolute atomic E-state index is 4.41. The number of benzene rings is 1. The molecule has 3 heteroatoms. The van der Waals surface area contributed by atoms with Crippen LogP contribution in [0.15, 0.2) is 24.3 Å². The van der Waals surface area contributed by atoms with E-state index in [0.717, 1.165) is 23.3 Å². The first kappa shape index (κ1) is 11.2. The van der Waals surface area contributed by atoms with Crippen molar-refractivity contribution in [3.63, 3.8) is 0 Å². The van der Waals surface area contributed by atoms with Gasteiger partial charge < -0.3 is 5.32 Å². The number of nitrogens with zero attached hydrogens (tertiary/aromatic N) is 2. The molecule has 2 aromatic rings. The Morgan fingerprint density at radius 2 is 1.63 bits per heavy atom. The molecule has 1 aromatic carbocycles. The molecular formula is C16H19N3. The van der Waals surface area contributed by atoms with Crippen molar-refractivity contribution < 1.29 is 0 Å². The normalized spacial score (nSPS) is 19.1. The molecule has 19 heavy (non-hydrogen) atoms. The summed E-state index contributed by atoms with van der Waals surface area (Å²) in [6, 6.07) is 9.06. The molecular weight excluding hydrogens is 234 g/mol. The molecule has 1 heterocycles. The van der Waals surface area contributed by atoms with E-state index in [1.807, 2.05) is 6.92 Å². The SMILES string of the molecule is Cc1nnc(NC(C2CC2)C2CC2)c2ccccc12. The molecule has 0 spiro atoms. The summed E-state index contributed by atoms with van der Waals surface area (Å²) in [5.41, 5.74) is 1.01. The van der Waals surface area contributed by atoms with Crippen molar-refractivity contribution in [3.8, 4) is 0 Å². The summed E-state index contributed by atoms with van der Waals surface area (Å²) in [5.74, 6) is 2.72. The minimum absolute atomic E-state index is 0.625. The van der Waals surface area contributed by atoms with E-state index < -0.39 is 0 Å². The maximum atomic E-state index is 4.41. The van der Waals surface area contributed by atoms with Gasteiger partial charge in [0.05, 0.1) is 5.69 Å². The molecule has 98 valence electrons. The Labute approximate surface area is 113 Å². The highest BCUT2D eigenvalue weighted by molar-refractivity contribution is 5.92. The number of nitrogens with one attached hydrogen (secondary N) is 1. The Hall–Kier alpha value is -1.64. The van der Waals surface area contributed by atoms with E-state index in [-0.39, 0.29) is 0 Å². The fourth-order valence-corrected chi connectivity index (χ4v) is 3.03. The quantitative estimate of drug-likeness (QED) is 0.905. The van der Waals surface area contributed by atoms with Crippen LogP contribution in [0.1, 0.15) is 31.4 Å². The second kappa shape index (κ2) is 4.19. The van der Waals surface area contributed by atoms with E-state index in [1.165, 1.54) is 36.5 Å². The standard InChI is InChI=1S/C16H19N3/c1-10-13-4-2-3-5-14(13)16(19-18-10)17-15(11-6-7-11)12-8-9-12/h2-5,11-12,15H,6-9H2,1H3,(H,17,19). The smallest absolute Gasteiger partial charge is 0.156 e. The van der Waals surface area contributed by atoms with Crippen LogP contribution in [0, 0.1) is 18.8 Å². The van der Waals surface area contributed by atoms with E-state index in [0.29, 0.717) is 6.04 Å². The molecule has 2 fully saturated rings. The first-order chi connectivity index (χ1) is 9.33. The predicted octanol–water partition coefficient (Wildman–Crippen LogP) is 3.54. The molecule has 0 atom stereocenters. The molecule has 2 aliphatic rings. The van der Waals surface area contributed by atoms with Gasteiger partial charge in [-0.15, -0.1) is 5.10 Å². The number of anilines is 1. The lowest BCUT2D eigenvalue weighted by Crippen LogP contribution is -2.25. The van der Waals surface area contributed by atoms with Crippen LogP contribution in [0.5, 0.6) is 0 Å². The van der Waals surface area contributed by atoms with Crippen LogP contribution >= 0.6 is 0 Å². The van der Waals surface area contributed by atoms with Crippen molar-refractivity contribution in [2.75, 3.05) is 5.32 Å². The van der Waals surface area contributed by atoms with Gasteiger partial charge in [-0.25, -0.2) is 0 Å². The summed E-state index contributed by atoms with van der Waals surface area (Å²) < 4.78 is 0. The van der Waals surface area contributed by atoms with Gasteiger partial charge in [-0.2, -0.15) is 5.10 Å². The summed E-state index contributed by atoms with van der Waals surface area (Å²) in [7, 11) is 0. The third-order valence-corrected chi connectivity index (χ3v) is 4.44. The van der Waals surface area contributed by atoms with Crippen LogP contribution in [0.3, 0.4) is 0 Å². The molecule has 1 N–H and O–H groups in total. The summed E-state index contributed by atoms with van der Waals surface area (Å²) in [6.07, 6.45) is 5.52. The number of aryl methyl sites for hydroxylation is 1. The highest BCUT2D eigenvalue weighted by Crippen LogP contribution is 2.46. The van der Waals surface area contributed by atoms with Crippen molar-refractivity contribution in [2.24, 2.45) is 11.8 Å². The van der Waals surface area contributed by atoms with Crippen molar-refractivity contribution in [3.05, 3.63) is 30.0 Å². The zero-order valence-electron chi connectivity index (χ0n) is 11.3. The van der Waals surface area contributed by atoms with Crippen molar-refractivity contribution >= 4 is 16.6 Å². The Bertz CT molecular complexity index is 602. The lowest BCUT2D eigenvalue weighted by atomic mass is 10.1. The lowest BCUT2D eigenvalue weighted by Gasteiger charge is -2.19. The molecule has 3 nitrogen and oxygen atoms in total. The first-order valence-corrected chi connectivity index (χ1v) is 7.31. The number of hydrogen-bond donors (Lipinski definition) is 1. The molecule has 2 saturated carbocycles. The molecule has 0 aliphatic heterocycles. The van der Waals surface area contributed by atoms with Crippen LogP contribution in [0.25, 0.3) is 10.8 Å². The number of fused-ring (bicyclic) bond motifs is 1. The van der Waals surface area contributed by atoms with E-state index in [2.05, 4.69) is 39.8 Å². The Balaban J connectivity index is 1.72. The van der Waals surface area contributed by atoms with Crippen LogP contribution in [0.4, 0.5) is 5.82 Å². The maximum Gasteiger partial charge on any atom is 0.156 e. The molecule has 0 amide bonds. The van der Waals surface area contributed by atoms with E-state index >= 15 is 0 Å². The molecule has 0 unspecified atom stereocenters. The largest absolute Gasteiger partial charge is 0.365 e. The minimum Gasteiger partial charge on any atom is -0.365 e. The average Bonchev–Trinajstić information content (AvgIpc) is 3.30. The van der Waals surface area contributed by atoms with Gasteiger partial charge in [-0.3, -0.25) is 0 Å². The van der Waals surface area contributed by atoms with Gasteiger partial charge in [0.2, 0.25) is 0 Å². The topological polar surface area (TPSA) is 37.8 Å². The molecule has 1 aromatic heterocycles. The Morgan fingerprint density at radius 1 is 1.00 bits per heavy atom.